The number of carbonyl (C=O) groups is 1. The van der Waals surface area contributed by atoms with Gasteiger partial charge in [0, 0.05) is 17.2 Å². The van der Waals surface area contributed by atoms with Gasteiger partial charge in [0.2, 0.25) is 12.5 Å². The van der Waals surface area contributed by atoms with Crippen LogP contribution in [0.1, 0.15) is 28.7 Å². The van der Waals surface area contributed by atoms with Crippen LogP contribution in [0.15, 0.2) is 60.8 Å². The molecule has 0 saturated carbocycles. The molecule has 2 N–H and O–H groups in total. The van der Waals surface area contributed by atoms with Crippen LogP contribution >= 0.6 is 0 Å². The van der Waals surface area contributed by atoms with E-state index in [-0.39, 0.29) is 48.6 Å². The lowest BCUT2D eigenvalue weighted by Crippen LogP contribution is -2.37. The van der Waals surface area contributed by atoms with Crippen LogP contribution in [0.5, 0.6) is 28.7 Å². The number of aromatic hydroxyl groups is 1. The largest absolute Gasteiger partial charge is 0.502 e. The van der Waals surface area contributed by atoms with Crippen LogP contribution in [-0.4, -0.2) is 43.7 Å². The van der Waals surface area contributed by atoms with Gasteiger partial charge in [-0.15, -0.1) is 0 Å². The number of benzene rings is 3. The van der Waals surface area contributed by atoms with Crippen LogP contribution in [0.2, 0.25) is 0 Å². The Morgan fingerprint density at radius 1 is 0.949 bits per heavy atom. The second-order valence-electron chi connectivity index (χ2n) is 9.94. The van der Waals surface area contributed by atoms with Crippen LogP contribution in [-0.2, 0) is 9.53 Å². The molecule has 1 aliphatic carbocycles. The third kappa shape index (κ3) is 3.68. The Kier molecular flexibility index (Phi) is 5.40. The van der Waals surface area contributed by atoms with E-state index in [2.05, 4.69) is 16.4 Å². The topological polar surface area (TPSA) is 108 Å². The predicted octanol–water partition coefficient (Wildman–Crippen LogP) is 4.77. The first kappa shape index (κ1) is 23.5. The molecule has 39 heavy (non-hydrogen) atoms. The number of nitrogens with one attached hydrogen (secondary N) is 1. The van der Waals surface area contributed by atoms with Gasteiger partial charge in [-0.05, 0) is 53.1 Å². The van der Waals surface area contributed by atoms with Gasteiger partial charge in [0.25, 0.3) is 0 Å². The molecule has 7 rings (SSSR count). The van der Waals surface area contributed by atoms with E-state index in [9.17, 15) is 9.90 Å². The minimum Gasteiger partial charge on any atom is -0.502 e. The van der Waals surface area contributed by atoms with E-state index in [1.54, 1.807) is 12.1 Å². The number of cyclic esters (lactones) is 1. The Balaban J connectivity index is 1.40. The molecular weight excluding hydrogens is 500 g/mol. The first-order chi connectivity index (χ1) is 19.1. The monoisotopic (exact) mass is 526 g/mol. The van der Waals surface area contributed by atoms with E-state index < -0.39 is 11.8 Å². The van der Waals surface area contributed by atoms with Gasteiger partial charge in [0.1, 0.15) is 0 Å². The zero-order chi connectivity index (χ0) is 26.7. The summed E-state index contributed by atoms with van der Waals surface area (Å²) in [5.74, 6) is 0.338. The van der Waals surface area contributed by atoms with Crippen molar-refractivity contribution in [2.45, 2.75) is 12.0 Å². The molecule has 3 aliphatic rings. The quantitative estimate of drug-likeness (QED) is 0.355. The fourth-order valence-electron chi connectivity index (χ4n) is 6.17. The first-order valence-electron chi connectivity index (χ1n) is 12.7. The summed E-state index contributed by atoms with van der Waals surface area (Å²) in [6.45, 7) is 0.393. The van der Waals surface area contributed by atoms with Crippen molar-refractivity contribution in [1.82, 2.24) is 4.98 Å². The predicted molar refractivity (Wildman–Crippen MR) is 142 cm³/mol. The minimum atomic E-state index is -0.497. The summed E-state index contributed by atoms with van der Waals surface area (Å²) in [4.78, 5) is 18.0. The number of rotatable bonds is 5. The number of hydrogen-bond acceptors (Lipinski definition) is 9. The van der Waals surface area contributed by atoms with Gasteiger partial charge < -0.3 is 34.1 Å². The average molecular weight is 527 g/mol. The lowest BCUT2D eigenvalue weighted by atomic mass is 9.65. The van der Waals surface area contributed by atoms with Gasteiger partial charge in [-0.3, -0.25) is 9.78 Å². The number of aromatic nitrogens is 1. The summed E-state index contributed by atoms with van der Waals surface area (Å²) >= 11 is 0. The molecule has 3 heterocycles. The Labute approximate surface area is 224 Å². The van der Waals surface area contributed by atoms with E-state index in [0.717, 1.165) is 33.3 Å². The maximum atomic E-state index is 13.4. The lowest BCUT2D eigenvalue weighted by molar-refractivity contribution is -0.141. The van der Waals surface area contributed by atoms with Gasteiger partial charge in [-0.2, -0.15) is 0 Å². The smallest absolute Gasteiger partial charge is 0.310 e. The van der Waals surface area contributed by atoms with E-state index in [1.165, 1.54) is 14.2 Å². The molecule has 198 valence electrons. The third-order valence-corrected chi connectivity index (χ3v) is 7.96. The number of nitrogens with zero attached hydrogens (tertiary/aromatic N) is 1. The Morgan fingerprint density at radius 3 is 2.41 bits per heavy atom. The number of methoxy groups -OCH3 is 2. The van der Waals surface area contributed by atoms with Gasteiger partial charge in [0.15, 0.2) is 23.0 Å². The summed E-state index contributed by atoms with van der Waals surface area (Å²) in [6.07, 6.45) is 1.81. The van der Waals surface area contributed by atoms with Crippen molar-refractivity contribution in [2.75, 3.05) is 32.9 Å². The number of carbonyl (C=O) groups excluding carboxylic acids is 1. The van der Waals surface area contributed by atoms with Crippen LogP contribution < -0.4 is 24.3 Å². The summed E-state index contributed by atoms with van der Waals surface area (Å²) < 4.78 is 28.1. The molecule has 2 aliphatic heterocycles. The minimum absolute atomic E-state index is 0.0978. The van der Waals surface area contributed by atoms with Crippen LogP contribution in [0.4, 0.5) is 5.69 Å². The van der Waals surface area contributed by atoms with Crippen LogP contribution in [0.25, 0.3) is 10.9 Å². The highest BCUT2D eigenvalue weighted by molar-refractivity contribution is 5.82. The van der Waals surface area contributed by atoms with Crippen molar-refractivity contribution in [1.29, 1.82) is 0 Å². The molecule has 1 aromatic heterocycles. The molecule has 0 spiro atoms. The van der Waals surface area contributed by atoms with Gasteiger partial charge in [-0.1, -0.05) is 18.2 Å². The molecule has 3 aromatic carbocycles. The molecule has 1 unspecified atom stereocenters. The number of pyridine rings is 1. The molecule has 0 bridgehead atoms. The highest BCUT2D eigenvalue weighted by Gasteiger charge is 2.52. The Hall–Kier alpha value is -4.66. The van der Waals surface area contributed by atoms with Crippen LogP contribution in [0, 0.1) is 11.8 Å². The van der Waals surface area contributed by atoms with E-state index in [1.807, 2.05) is 42.6 Å². The highest BCUT2D eigenvalue weighted by atomic mass is 16.7. The zero-order valence-electron chi connectivity index (χ0n) is 21.3. The summed E-state index contributed by atoms with van der Waals surface area (Å²) in [5, 5.41) is 15.2. The normalized spacial score (nSPS) is 22.7. The van der Waals surface area contributed by atoms with E-state index in [4.69, 9.17) is 23.7 Å². The van der Waals surface area contributed by atoms with Gasteiger partial charge in [0.05, 0.1) is 50.2 Å². The van der Waals surface area contributed by atoms with Gasteiger partial charge >= 0.3 is 5.97 Å². The summed E-state index contributed by atoms with van der Waals surface area (Å²) in [7, 11) is 2.96. The molecule has 4 aromatic rings. The highest BCUT2D eigenvalue weighted by Crippen LogP contribution is 2.56. The fraction of sp³-hybridized carbons (Fsp3) is 0.267. The second kappa shape index (κ2) is 8.97. The number of para-hydroxylation sites is 1. The summed E-state index contributed by atoms with van der Waals surface area (Å²) in [5.41, 5.74) is 4.39. The van der Waals surface area contributed by atoms with Gasteiger partial charge in [-0.25, -0.2) is 0 Å². The molecule has 9 nitrogen and oxygen atoms in total. The maximum absolute atomic E-state index is 13.4. The molecule has 1 fully saturated rings. The Morgan fingerprint density at radius 2 is 1.67 bits per heavy atom. The number of esters is 1. The average Bonchev–Trinajstić information content (AvgIpc) is 3.58. The van der Waals surface area contributed by atoms with Crippen molar-refractivity contribution < 1.29 is 33.6 Å². The van der Waals surface area contributed by atoms with Crippen molar-refractivity contribution >= 4 is 22.6 Å². The Bertz CT molecular complexity index is 1600. The molecule has 0 radical (unpaired) electrons. The van der Waals surface area contributed by atoms with E-state index in [0.29, 0.717) is 11.5 Å². The maximum Gasteiger partial charge on any atom is 0.310 e. The zero-order valence-corrected chi connectivity index (χ0v) is 21.3. The summed E-state index contributed by atoms with van der Waals surface area (Å²) in [6, 6.07) is 17.2. The standard InChI is InChI=1S/C30H26N2O7/c1-35-24-8-16(9-25(36-2)29(24)33)26-18-10-22-23(39-14-38-22)11-19(18)28(20-13-37-30(34)27(20)26)32-17-7-15-5-3-4-6-21(15)31-12-17/h3-12,20,26-28,32-33H,13-14H2,1-2H3/t20?,26-,27-,28+/m0/s1. The molecule has 9 heteroatoms. The fourth-order valence-corrected chi connectivity index (χ4v) is 6.17. The second-order valence-corrected chi connectivity index (χ2v) is 9.94. The molecule has 0 amide bonds. The first-order valence-corrected chi connectivity index (χ1v) is 12.7. The number of anilines is 1. The van der Waals surface area contributed by atoms with Crippen LogP contribution in [0.3, 0.4) is 0 Å². The number of phenols is 1. The number of ether oxygens (including phenoxy) is 5. The van der Waals surface area contributed by atoms with Crippen molar-refractivity contribution in [2.24, 2.45) is 11.8 Å². The number of fused-ring (bicyclic) bond motifs is 4. The lowest BCUT2D eigenvalue weighted by Gasteiger charge is -2.40. The van der Waals surface area contributed by atoms with Crippen molar-refractivity contribution in [3.05, 3.63) is 77.5 Å². The SMILES string of the molecule is COc1cc([C@H]2c3cc4c(cc3[C@@H](Nc3cnc5ccccc5c3)C3COC(=O)[C@@H]32)OCO4)cc(OC)c1O. The number of phenolic OH excluding ortho intramolecular Hbond substituents is 1. The van der Waals surface area contributed by atoms with Crippen molar-refractivity contribution in [3.8, 4) is 28.7 Å². The number of hydrogen-bond donors (Lipinski definition) is 2. The van der Waals surface area contributed by atoms with Crippen molar-refractivity contribution in [3.63, 3.8) is 0 Å². The molecular formula is C30H26N2O7. The van der Waals surface area contributed by atoms with E-state index >= 15 is 0 Å². The third-order valence-electron chi connectivity index (χ3n) is 7.96. The molecule has 4 atom stereocenters. The molecule has 1 saturated heterocycles.